The molecule has 0 bridgehead atoms. The van der Waals surface area contributed by atoms with Crippen LogP contribution in [-0.2, 0) is 4.79 Å². The van der Waals surface area contributed by atoms with E-state index in [9.17, 15) is 4.79 Å². The number of rotatable bonds is 6. The van der Waals surface area contributed by atoms with Gasteiger partial charge in [0.15, 0.2) is 0 Å². The van der Waals surface area contributed by atoms with Gasteiger partial charge >= 0.3 is 0 Å². The van der Waals surface area contributed by atoms with E-state index in [1.165, 1.54) is 5.56 Å². The van der Waals surface area contributed by atoms with Gasteiger partial charge < -0.3 is 10.1 Å². The molecule has 1 amide bonds. The summed E-state index contributed by atoms with van der Waals surface area (Å²) in [5.74, 6) is 1.82. The zero-order chi connectivity index (χ0) is 13.0. The molecule has 1 aliphatic rings. The van der Waals surface area contributed by atoms with E-state index in [4.69, 9.17) is 4.74 Å². The average molecular weight is 247 g/mol. The molecule has 0 unspecified atom stereocenters. The maximum Gasteiger partial charge on any atom is 0.223 e. The summed E-state index contributed by atoms with van der Waals surface area (Å²) in [5, 5.41) is 2.90. The number of ether oxygens (including phenoxy) is 1. The van der Waals surface area contributed by atoms with Crippen LogP contribution in [0.1, 0.15) is 38.2 Å². The van der Waals surface area contributed by atoms with Crippen LogP contribution < -0.4 is 10.1 Å². The van der Waals surface area contributed by atoms with Gasteiger partial charge in [0.1, 0.15) is 12.4 Å². The number of hydrogen-bond donors (Lipinski definition) is 1. The van der Waals surface area contributed by atoms with E-state index in [-0.39, 0.29) is 11.8 Å². The number of para-hydroxylation sites is 1. The van der Waals surface area contributed by atoms with Gasteiger partial charge in [-0.25, -0.2) is 0 Å². The topological polar surface area (TPSA) is 38.3 Å². The van der Waals surface area contributed by atoms with Crippen molar-refractivity contribution >= 4 is 5.91 Å². The molecule has 0 aromatic heterocycles. The van der Waals surface area contributed by atoms with Crippen molar-refractivity contribution in [2.45, 2.75) is 32.6 Å². The number of nitrogens with one attached hydrogen (secondary N) is 1. The van der Waals surface area contributed by atoms with Crippen molar-refractivity contribution in [3.8, 4) is 5.75 Å². The average Bonchev–Trinajstić information content (AvgIpc) is 3.19. The van der Waals surface area contributed by atoms with Crippen LogP contribution in [0.2, 0.25) is 0 Å². The predicted octanol–water partition coefficient (Wildman–Crippen LogP) is 2.72. The van der Waals surface area contributed by atoms with E-state index < -0.39 is 0 Å². The summed E-state index contributed by atoms with van der Waals surface area (Å²) >= 11 is 0. The molecule has 1 aromatic carbocycles. The van der Waals surface area contributed by atoms with Crippen molar-refractivity contribution in [3.05, 3.63) is 29.8 Å². The molecule has 0 spiro atoms. The van der Waals surface area contributed by atoms with Crippen LogP contribution in [0.25, 0.3) is 0 Å². The summed E-state index contributed by atoms with van der Waals surface area (Å²) in [7, 11) is 0. The third-order valence-corrected chi connectivity index (χ3v) is 3.15. The highest BCUT2D eigenvalue weighted by molar-refractivity contribution is 5.80. The minimum Gasteiger partial charge on any atom is -0.491 e. The highest BCUT2D eigenvalue weighted by atomic mass is 16.5. The number of hydrogen-bond acceptors (Lipinski definition) is 2. The summed E-state index contributed by atoms with van der Waals surface area (Å²) in [6.07, 6.45) is 2.09. The first-order chi connectivity index (χ1) is 8.68. The SMILES string of the molecule is CC(C)c1ccccc1OCCNC(=O)C1CC1. The number of carbonyl (C=O) groups excluding carboxylic acids is 1. The van der Waals surface area contributed by atoms with Crippen LogP contribution in [0.4, 0.5) is 0 Å². The van der Waals surface area contributed by atoms with Crippen molar-refractivity contribution in [2.24, 2.45) is 5.92 Å². The monoisotopic (exact) mass is 247 g/mol. The molecule has 2 rings (SSSR count). The van der Waals surface area contributed by atoms with Gasteiger partial charge in [-0.15, -0.1) is 0 Å². The Labute approximate surface area is 109 Å². The summed E-state index contributed by atoms with van der Waals surface area (Å²) in [5.41, 5.74) is 1.21. The Balaban J connectivity index is 1.77. The molecule has 3 nitrogen and oxygen atoms in total. The van der Waals surface area contributed by atoms with Gasteiger partial charge in [0, 0.05) is 5.92 Å². The summed E-state index contributed by atoms with van der Waals surface area (Å²) in [6.45, 7) is 5.41. The standard InChI is InChI=1S/C15H21NO2/c1-11(2)13-5-3-4-6-14(13)18-10-9-16-15(17)12-7-8-12/h3-6,11-12H,7-10H2,1-2H3,(H,16,17). The molecule has 0 aliphatic heterocycles. The Hall–Kier alpha value is -1.51. The first kappa shape index (κ1) is 12.9. The van der Waals surface area contributed by atoms with Gasteiger partial charge in [-0.1, -0.05) is 32.0 Å². The molecule has 1 N–H and O–H groups in total. The Kier molecular flexibility index (Phi) is 4.24. The largest absolute Gasteiger partial charge is 0.491 e. The molecule has 1 aliphatic carbocycles. The van der Waals surface area contributed by atoms with Crippen LogP contribution in [-0.4, -0.2) is 19.1 Å². The Morgan fingerprint density at radius 2 is 2.11 bits per heavy atom. The van der Waals surface area contributed by atoms with Crippen LogP contribution in [0.15, 0.2) is 24.3 Å². The van der Waals surface area contributed by atoms with Crippen LogP contribution in [0, 0.1) is 5.92 Å². The molecular formula is C15H21NO2. The van der Waals surface area contributed by atoms with Crippen LogP contribution in [0.5, 0.6) is 5.75 Å². The molecule has 1 aromatic rings. The van der Waals surface area contributed by atoms with Gasteiger partial charge in [0.05, 0.1) is 6.54 Å². The molecule has 1 fully saturated rings. The quantitative estimate of drug-likeness (QED) is 0.785. The van der Waals surface area contributed by atoms with E-state index in [0.717, 1.165) is 18.6 Å². The van der Waals surface area contributed by atoms with E-state index in [1.54, 1.807) is 0 Å². The lowest BCUT2D eigenvalue weighted by Crippen LogP contribution is -2.29. The second-order valence-corrected chi connectivity index (χ2v) is 5.11. The van der Waals surface area contributed by atoms with Gasteiger partial charge in [-0.2, -0.15) is 0 Å². The minimum atomic E-state index is 0.177. The summed E-state index contributed by atoms with van der Waals surface area (Å²) < 4.78 is 5.73. The van der Waals surface area contributed by atoms with E-state index in [1.807, 2.05) is 18.2 Å². The smallest absolute Gasteiger partial charge is 0.223 e. The lowest BCUT2D eigenvalue weighted by molar-refractivity contribution is -0.122. The molecule has 1 saturated carbocycles. The second kappa shape index (κ2) is 5.89. The van der Waals surface area contributed by atoms with Gasteiger partial charge in [0.2, 0.25) is 5.91 Å². The zero-order valence-corrected chi connectivity index (χ0v) is 11.1. The Bertz CT molecular complexity index is 411. The predicted molar refractivity (Wildman–Crippen MR) is 71.8 cm³/mol. The van der Waals surface area contributed by atoms with Gasteiger partial charge in [-0.05, 0) is 30.4 Å². The molecule has 3 heteroatoms. The van der Waals surface area contributed by atoms with Gasteiger partial charge in [-0.3, -0.25) is 4.79 Å². The number of carbonyl (C=O) groups is 1. The fraction of sp³-hybridized carbons (Fsp3) is 0.533. The van der Waals surface area contributed by atoms with E-state index in [0.29, 0.717) is 19.1 Å². The fourth-order valence-electron chi connectivity index (χ4n) is 1.91. The summed E-state index contributed by atoms with van der Waals surface area (Å²) in [4.78, 5) is 11.4. The first-order valence-corrected chi connectivity index (χ1v) is 6.68. The molecule has 18 heavy (non-hydrogen) atoms. The highest BCUT2D eigenvalue weighted by Gasteiger charge is 2.29. The normalized spacial score (nSPS) is 14.6. The van der Waals surface area contributed by atoms with Crippen molar-refractivity contribution in [3.63, 3.8) is 0 Å². The fourth-order valence-corrected chi connectivity index (χ4v) is 1.91. The van der Waals surface area contributed by atoms with Crippen LogP contribution in [0.3, 0.4) is 0 Å². The zero-order valence-electron chi connectivity index (χ0n) is 11.1. The van der Waals surface area contributed by atoms with Gasteiger partial charge in [0.25, 0.3) is 0 Å². The Morgan fingerprint density at radius 1 is 1.39 bits per heavy atom. The van der Waals surface area contributed by atoms with Crippen molar-refractivity contribution in [2.75, 3.05) is 13.2 Å². The maximum absolute atomic E-state index is 11.4. The molecule has 0 atom stereocenters. The Morgan fingerprint density at radius 3 is 2.78 bits per heavy atom. The van der Waals surface area contributed by atoms with E-state index >= 15 is 0 Å². The molecule has 0 heterocycles. The molecule has 0 saturated heterocycles. The van der Waals surface area contributed by atoms with Crippen molar-refractivity contribution in [1.29, 1.82) is 0 Å². The van der Waals surface area contributed by atoms with E-state index in [2.05, 4.69) is 25.2 Å². The third kappa shape index (κ3) is 3.49. The maximum atomic E-state index is 11.4. The lowest BCUT2D eigenvalue weighted by Gasteiger charge is -2.14. The molecule has 98 valence electrons. The van der Waals surface area contributed by atoms with Crippen molar-refractivity contribution < 1.29 is 9.53 Å². The minimum absolute atomic E-state index is 0.177. The third-order valence-electron chi connectivity index (χ3n) is 3.15. The first-order valence-electron chi connectivity index (χ1n) is 6.68. The second-order valence-electron chi connectivity index (χ2n) is 5.11. The molecule has 0 radical (unpaired) electrons. The summed E-state index contributed by atoms with van der Waals surface area (Å²) in [6, 6.07) is 8.07. The lowest BCUT2D eigenvalue weighted by atomic mass is 10.0. The van der Waals surface area contributed by atoms with Crippen molar-refractivity contribution in [1.82, 2.24) is 5.32 Å². The number of amides is 1. The number of benzene rings is 1. The molecular weight excluding hydrogens is 226 g/mol. The van der Waals surface area contributed by atoms with Crippen LogP contribution >= 0.6 is 0 Å². The highest BCUT2D eigenvalue weighted by Crippen LogP contribution is 2.28.